The maximum Gasteiger partial charge on any atom is 0.339 e. The minimum atomic E-state index is -1.00. The average molecular weight is 218 g/mol. The van der Waals surface area contributed by atoms with Gasteiger partial charge in [0.2, 0.25) is 0 Å². The molecular formula is C12H14N2O2. The van der Waals surface area contributed by atoms with Crippen LogP contribution in [0.2, 0.25) is 0 Å². The highest BCUT2D eigenvalue weighted by Gasteiger charge is 2.15. The fourth-order valence-electron chi connectivity index (χ4n) is 1.36. The third-order valence-electron chi connectivity index (χ3n) is 2.29. The number of pyridine rings is 1. The standard InChI is InChI=1S/C12H14N2O2/c1-4-9(5-2)14-11-10(12(15)16)8(3)6-7-13-11/h1,6-7,9H,5H2,2-3H3,(H,13,14)(H,15,16). The second kappa shape index (κ2) is 5.17. The van der Waals surface area contributed by atoms with Crippen LogP contribution in [-0.2, 0) is 0 Å². The van der Waals surface area contributed by atoms with Crippen molar-refractivity contribution in [1.29, 1.82) is 0 Å². The van der Waals surface area contributed by atoms with E-state index >= 15 is 0 Å². The lowest BCUT2D eigenvalue weighted by Gasteiger charge is -2.14. The van der Waals surface area contributed by atoms with Gasteiger partial charge in [-0.3, -0.25) is 0 Å². The molecule has 0 aliphatic heterocycles. The molecule has 0 aliphatic rings. The molecule has 0 saturated heterocycles. The zero-order chi connectivity index (χ0) is 12.1. The molecular weight excluding hydrogens is 204 g/mol. The summed E-state index contributed by atoms with van der Waals surface area (Å²) in [6, 6.07) is 1.46. The van der Waals surface area contributed by atoms with E-state index in [-0.39, 0.29) is 11.6 Å². The molecule has 2 N–H and O–H groups in total. The zero-order valence-electron chi connectivity index (χ0n) is 9.32. The van der Waals surface area contributed by atoms with Crippen molar-refractivity contribution in [3.05, 3.63) is 23.4 Å². The molecule has 0 bridgehead atoms. The van der Waals surface area contributed by atoms with Crippen LogP contribution in [0.3, 0.4) is 0 Å². The van der Waals surface area contributed by atoms with Crippen molar-refractivity contribution in [3.8, 4) is 12.3 Å². The summed E-state index contributed by atoms with van der Waals surface area (Å²) in [5.74, 6) is 1.87. The van der Waals surface area contributed by atoms with Gasteiger partial charge < -0.3 is 10.4 Å². The fraction of sp³-hybridized carbons (Fsp3) is 0.333. The Morgan fingerprint density at radius 2 is 2.44 bits per heavy atom. The van der Waals surface area contributed by atoms with Crippen LogP contribution < -0.4 is 5.32 Å². The minimum absolute atomic E-state index is 0.177. The van der Waals surface area contributed by atoms with Gasteiger partial charge in [0.05, 0.1) is 6.04 Å². The number of hydrogen-bond acceptors (Lipinski definition) is 3. The van der Waals surface area contributed by atoms with Crippen LogP contribution in [0.1, 0.15) is 29.3 Å². The number of carbonyl (C=O) groups is 1. The SMILES string of the molecule is C#CC(CC)Nc1nccc(C)c1C(=O)O. The molecule has 84 valence electrons. The molecule has 4 nitrogen and oxygen atoms in total. The molecule has 1 atom stereocenters. The number of anilines is 1. The summed E-state index contributed by atoms with van der Waals surface area (Å²) in [6.07, 6.45) is 7.58. The molecule has 1 heterocycles. The Morgan fingerprint density at radius 1 is 1.75 bits per heavy atom. The monoisotopic (exact) mass is 218 g/mol. The number of carboxylic acid groups (broad SMARTS) is 1. The number of aryl methyl sites for hydroxylation is 1. The molecule has 0 aliphatic carbocycles. The number of nitrogens with one attached hydrogen (secondary N) is 1. The van der Waals surface area contributed by atoms with E-state index < -0.39 is 5.97 Å². The number of aromatic carboxylic acids is 1. The molecule has 4 heteroatoms. The van der Waals surface area contributed by atoms with Gasteiger partial charge >= 0.3 is 5.97 Å². The first-order valence-electron chi connectivity index (χ1n) is 5.01. The Hall–Kier alpha value is -2.02. The lowest BCUT2D eigenvalue weighted by Crippen LogP contribution is -2.19. The summed E-state index contributed by atoms with van der Waals surface area (Å²) < 4.78 is 0. The molecule has 0 saturated carbocycles. The van der Waals surface area contributed by atoms with Crippen molar-refractivity contribution in [1.82, 2.24) is 4.98 Å². The summed E-state index contributed by atoms with van der Waals surface area (Å²) in [6.45, 7) is 3.65. The van der Waals surface area contributed by atoms with Crippen LogP contribution >= 0.6 is 0 Å². The maximum absolute atomic E-state index is 11.1. The first-order chi connectivity index (χ1) is 7.60. The molecule has 16 heavy (non-hydrogen) atoms. The summed E-state index contributed by atoms with van der Waals surface area (Å²) in [4.78, 5) is 15.1. The number of rotatable bonds is 4. The van der Waals surface area contributed by atoms with Crippen molar-refractivity contribution in [2.45, 2.75) is 26.3 Å². The van der Waals surface area contributed by atoms with Gasteiger partial charge in [0.15, 0.2) is 0 Å². The Kier molecular flexibility index (Phi) is 3.90. The molecule has 1 aromatic heterocycles. The minimum Gasteiger partial charge on any atom is -0.478 e. The maximum atomic E-state index is 11.1. The van der Waals surface area contributed by atoms with Crippen molar-refractivity contribution in [2.24, 2.45) is 0 Å². The van der Waals surface area contributed by atoms with E-state index in [2.05, 4.69) is 16.2 Å². The van der Waals surface area contributed by atoms with Crippen molar-refractivity contribution < 1.29 is 9.90 Å². The molecule has 0 radical (unpaired) electrons. The smallest absolute Gasteiger partial charge is 0.339 e. The van der Waals surface area contributed by atoms with E-state index in [0.29, 0.717) is 17.8 Å². The van der Waals surface area contributed by atoms with Gasteiger partial charge in [-0.2, -0.15) is 0 Å². The number of hydrogen-bond donors (Lipinski definition) is 2. The van der Waals surface area contributed by atoms with E-state index in [1.54, 1.807) is 19.2 Å². The molecule has 1 unspecified atom stereocenters. The number of nitrogens with zero attached hydrogens (tertiary/aromatic N) is 1. The summed E-state index contributed by atoms with van der Waals surface area (Å²) in [5, 5.41) is 12.0. The Morgan fingerprint density at radius 3 is 2.94 bits per heavy atom. The second-order valence-corrected chi connectivity index (χ2v) is 3.43. The summed E-state index contributed by atoms with van der Waals surface area (Å²) >= 11 is 0. The van der Waals surface area contributed by atoms with Gasteiger partial charge in [0.1, 0.15) is 11.4 Å². The summed E-state index contributed by atoms with van der Waals surface area (Å²) in [5.41, 5.74) is 0.841. The second-order valence-electron chi connectivity index (χ2n) is 3.43. The lowest BCUT2D eigenvalue weighted by molar-refractivity contribution is 0.0697. The lowest BCUT2D eigenvalue weighted by atomic mass is 10.1. The number of terminal acetylenes is 1. The molecule has 1 rings (SSSR count). The van der Waals surface area contributed by atoms with Gasteiger partial charge in [0.25, 0.3) is 0 Å². The number of aromatic nitrogens is 1. The van der Waals surface area contributed by atoms with Gasteiger partial charge in [-0.1, -0.05) is 12.8 Å². The predicted octanol–water partition coefficient (Wildman–Crippen LogP) is 1.91. The predicted molar refractivity (Wildman–Crippen MR) is 62.5 cm³/mol. The van der Waals surface area contributed by atoms with Crippen LogP contribution in [0, 0.1) is 19.3 Å². The van der Waals surface area contributed by atoms with Crippen LogP contribution in [0.15, 0.2) is 12.3 Å². The third kappa shape index (κ3) is 2.51. The van der Waals surface area contributed by atoms with Crippen molar-refractivity contribution in [3.63, 3.8) is 0 Å². The third-order valence-corrected chi connectivity index (χ3v) is 2.29. The molecule has 0 spiro atoms. The van der Waals surface area contributed by atoms with Gasteiger partial charge in [-0.05, 0) is 25.0 Å². The van der Waals surface area contributed by atoms with E-state index in [1.807, 2.05) is 6.92 Å². The fourth-order valence-corrected chi connectivity index (χ4v) is 1.36. The summed E-state index contributed by atoms with van der Waals surface area (Å²) in [7, 11) is 0. The molecule has 0 fully saturated rings. The Labute approximate surface area is 94.7 Å². The highest BCUT2D eigenvalue weighted by atomic mass is 16.4. The topological polar surface area (TPSA) is 62.2 Å². The Bertz CT molecular complexity index is 435. The first kappa shape index (κ1) is 12.1. The molecule has 0 amide bonds. The van der Waals surface area contributed by atoms with E-state index in [4.69, 9.17) is 11.5 Å². The van der Waals surface area contributed by atoms with Crippen LogP contribution in [0.25, 0.3) is 0 Å². The van der Waals surface area contributed by atoms with Gasteiger partial charge in [0, 0.05) is 6.20 Å². The Balaban J connectivity index is 3.09. The zero-order valence-corrected chi connectivity index (χ0v) is 9.32. The van der Waals surface area contributed by atoms with Crippen LogP contribution in [0.4, 0.5) is 5.82 Å². The molecule has 0 aromatic carbocycles. The molecule has 1 aromatic rings. The van der Waals surface area contributed by atoms with E-state index in [0.717, 1.165) is 0 Å². The highest BCUT2D eigenvalue weighted by Crippen LogP contribution is 2.17. The van der Waals surface area contributed by atoms with Gasteiger partial charge in [-0.15, -0.1) is 6.42 Å². The number of carboxylic acids is 1. The average Bonchev–Trinajstić information content (AvgIpc) is 2.25. The first-order valence-corrected chi connectivity index (χ1v) is 5.01. The highest BCUT2D eigenvalue weighted by molar-refractivity contribution is 5.94. The van der Waals surface area contributed by atoms with E-state index in [1.165, 1.54) is 0 Å². The largest absolute Gasteiger partial charge is 0.478 e. The van der Waals surface area contributed by atoms with Gasteiger partial charge in [-0.25, -0.2) is 9.78 Å². The van der Waals surface area contributed by atoms with Crippen molar-refractivity contribution >= 4 is 11.8 Å². The van der Waals surface area contributed by atoms with Crippen LogP contribution in [0.5, 0.6) is 0 Å². The van der Waals surface area contributed by atoms with Crippen LogP contribution in [-0.4, -0.2) is 22.1 Å². The van der Waals surface area contributed by atoms with E-state index in [9.17, 15) is 4.79 Å². The van der Waals surface area contributed by atoms with Crippen molar-refractivity contribution in [2.75, 3.05) is 5.32 Å². The normalized spacial score (nSPS) is 11.6. The quantitative estimate of drug-likeness (QED) is 0.758.